The van der Waals surface area contributed by atoms with Crippen LogP contribution in [0, 0.1) is 12.8 Å². The van der Waals surface area contributed by atoms with Crippen molar-refractivity contribution in [3.8, 4) is 0 Å². The molecule has 1 aromatic rings. The Hall–Kier alpha value is -1.09. The SMILES string of the molecule is Cc1cc(CN)cc(N2CC(C)CC2C)n1. The molecule has 3 nitrogen and oxygen atoms in total. The summed E-state index contributed by atoms with van der Waals surface area (Å²) >= 11 is 0. The van der Waals surface area contributed by atoms with E-state index in [9.17, 15) is 0 Å². The molecule has 0 aliphatic carbocycles. The van der Waals surface area contributed by atoms with E-state index < -0.39 is 0 Å². The predicted octanol–water partition coefficient (Wildman–Crippen LogP) is 2.08. The van der Waals surface area contributed by atoms with Crippen LogP contribution in [0.15, 0.2) is 12.1 Å². The summed E-state index contributed by atoms with van der Waals surface area (Å²) in [4.78, 5) is 7.02. The monoisotopic (exact) mass is 219 g/mol. The molecule has 0 radical (unpaired) electrons. The van der Waals surface area contributed by atoms with E-state index in [-0.39, 0.29) is 0 Å². The number of nitrogens with zero attached hydrogens (tertiary/aromatic N) is 2. The molecule has 2 unspecified atom stereocenters. The van der Waals surface area contributed by atoms with Gasteiger partial charge in [-0.3, -0.25) is 0 Å². The molecular formula is C13H21N3. The van der Waals surface area contributed by atoms with Gasteiger partial charge in [0.25, 0.3) is 0 Å². The zero-order valence-electron chi connectivity index (χ0n) is 10.4. The molecule has 0 bridgehead atoms. The Morgan fingerprint density at radius 2 is 2.19 bits per heavy atom. The van der Waals surface area contributed by atoms with E-state index in [4.69, 9.17) is 5.73 Å². The molecule has 1 aliphatic rings. The Morgan fingerprint density at radius 1 is 1.44 bits per heavy atom. The van der Waals surface area contributed by atoms with Crippen molar-refractivity contribution < 1.29 is 0 Å². The number of hydrogen-bond donors (Lipinski definition) is 1. The highest BCUT2D eigenvalue weighted by atomic mass is 15.2. The molecule has 1 saturated heterocycles. The minimum atomic E-state index is 0.591. The fourth-order valence-corrected chi connectivity index (χ4v) is 2.61. The summed E-state index contributed by atoms with van der Waals surface area (Å²) in [5.41, 5.74) is 7.94. The molecule has 2 heterocycles. The number of anilines is 1. The molecule has 0 amide bonds. The van der Waals surface area contributed by atoms with E-state index in [0.717, 1.165) is 24.0 Å². The molecule has 88 valence electrons. The molecule has 0 spiro atoms. The summed E-state index contributed by atoms with van der Waals surface area (Å²) in [6.45, 7) is 8.31. The summed E-state index contributed by atoms with van der Waals surface area (Å²) in [5, 5.41) is 0. The highest BCUT2D eigenvalue weighted by Crippen LogP contribution is 2.28. The van der Waals surface area contributed by atoms with Crippen molar-refractivity contribution in [3.63, 3.8) is 0 Å². The fourth-order valence-electron chi connectivity index (χ4n) is 2.61. The summed E-state index contributed by atoms with van der Waals surface area (Å²) < 4.78 is 0. The van der Waals surface area contributed by atoms with Crippen molar-refractivity contribution >= 4 is 5.82 Å². The number of rotatable bonds is 2. The smallest absolute Gasteiger partial charge is 0.129 e. The lowest BCUT2D eigenvalue weighted by Crippen LogP contribution is -2.28. The standard InChI is InChI=1S/C13H21N3/c1-9-4-11(3)16(8-9)13-6-12(7-14)5-10(2)15-13/h5-6,9,11H,4,7-8,14H2,1-3H3. The molecule has 2 rings (SSSR count). The molecule has 2 N–H and O–H groups in total. The third kappa shape index (κ3) is 2.19. The normalized spacial score (nSPS) is 25.1. The van der Waals surface area contributed by atoms with Gasteiger partial charge in [0.1, 0.15) is 5.82 Å². The minimum absolute atomic E-state index is 0.591. The maximum atomic E-state index is 5.70. The van der Waals surface area contributed by atoms with Crippen LogP contribution in [-0.4, -0.2) is 17.6 Å². The van der Waals surface area contributed by atoms with Gasteiger partial charge in [-0.1, -0.05) is 6.92 Å². The van der Waals surface area contributed by atoms with Crippen LogP contribution in [0.3, 0.4) is 0 Å². The molecule has 1 aliphatic heterocycles. The van der Waals surface area contributed by atoms with Crippen molar-refractivity contribution in [2.75, 3.05) is 11.4 Å². The molecule has 3 heteroatoms. The second-order valence-electron chi connectivity index (χ2n) is 5.02. The van der Waals surface area contributed by atoms with E-state index in [1.54, 1.807) is 0 Å². The Labute approximate surface area is 97.7 Å². The number of aryl methyl sites for hydroxylation is 1. The molecule has 0 saturated carbocycles. The lowest BCUT2D eigenvalue weighted by atomic mass is 10.1. The first-order chi connectivity index (χ1) is 7.60. The number of nitrogens with two attached hydrogens (primary N) is 1. The van der Waals surface area contributed by atoms with E-state index in [1.807, 2.05) is 6.92 Å². The van der Waals surface area contributed by atoms with E-state index in [0.29, 0.717) is 12.6 Å². The highest BCUT2D eigenvalue weighted by molar-refractivity contribution is 5.44. The molecule has 16 heavy (non-hydrogen) atoms. The number of pyridine rings is 1. The zero-order valence-corrected chi connectivity index (χ0v) is 10.4. The summed E-state index contributed by atoms with van der Waals surface area (Å²) in [5.74, 6) is 1.86. The van der Waals surface area contributed by atoms with Gasteiger partial charge in [-0.25, -0.2) is 4.98 Å². The van der Waals surface area contributed by atoms with Gasteiger partial charge in [0.05, 0.1) is 0 Å². The van der Waals surface area contributed by atoms with E-state index in [2.05, 4.69) is 35.9 Å². The maximum absolute atomic E-state index is 5.70. The highest BCUT2D eigenvalue weighted by Gasteiger charge is 2.27. The van der Waals surface area contributed by atoms with E-state index >= 15 is 0 Å². The average Bonchev–Trinajstić information content (AvgIpc) is 2.57. The second-order valence-corrected chi connectivity index (χ2v) is 5.02. The molecule has 1 aromatic heterocycles. The van der Waals surface area contributed by atoms with Gasteiger partial charge in [-0.2, -0.15) is 0 Å². The Balaban J connectivity index is 2.29. The van der Waals surface area contributed by atoms with Crippen molar-refractivity contribution in [2.24, 2.45) is 11.7 Å². The second kappa shape index (κ2) is 4.42. The van der Waals surface area contributed by atoms with Crippen LogP contribution in [0.2, 0.25) is 0 Å². The molecule has 1 fully saturated rings. The van der Waals surface area contributed by atoms with Crippen molar-refractivity contribution in [3.05, 3.63) is 23.4 Å². The molecule has 2 atom stereocenters. The summed E-state index contributed by atoms with van der Waals surface area (Å²) in [6, 6.07) is 4.78. The van der Waals surface area contributed by atoms with Crippen LogP contribution >= 0.6 is 0 Å². The zero-order chi connectivity index (χ0) is 11.7. The van der Waals surface area contributed by atoms with Crippen LogP contribution in [0.4, 0.5) is 5.82 Å². The fraction of sp³-hybridized carbons (Fsp3) is 0.615. The van der Waals surface area contributed by atoms with Crippen LogP contribution in [0.1, 0.15) is 31.5 Å². The quantitative estimate of drug-likeness (QED) is 0.828. The first kappa shape index (κ1) is 11.4. The Kier molecular flexibility index (Phi) is 3.15. The first-order valence-corrected chi connectivity index (χ1v) is 6.04. The lowest BCUT2D eigenvalue weighted by Gasteiger charge is -2.23. The van der Waals surface area contributed by atoms with Crippen LogP contribution in [-0.2, 0) is 6.54 Å². The van der Waals surface area contributed by atoms with Crippen molar-refractivity contribution in [2.45, 2.75) is 39.8 Å². The largest absolute Gasteiger partial charge is 0.354 e. The van der Waals surface area contributed by atoms with Gasteiger partial charge in [0.15, 0.2) is 0 Å². The summed E-state index contributed by atoms with van der Waals surface area (Å²) in [6.07, 6.45) is 1.26. The van der Waals surface area contributed by atoms with Gasteiger partial charge >= 0.3 is 0 Å². The Morgan fingerprint density at radius 3 is 2.75 bits per heavy atom. The number of aromatic nitrogens is 1. The van der Waals surface area contributed by atoms with E-state index in [1.165, 1.54) is 12.0 Å². The predicted molar refractivity (Wildman–Crippen MR) is 67.5 cm³/mol. The summed E-state index contributed by atoms with van der Waals surface area (Å²) in [7, 11) is 0. The van der Waals surface area contributed by atoms with Crippen LogP contribution in [0.5, 0.6) is 0 Å². The minimum Gasteiger partial charge on any atom is -0.354 e. The van der Waals surface area contributed by atoms with Gasteiger partial charge in [-0.15, -0.1) is 0 Å². The third-order valence-corrected chi connectivity index (χ3v) is 3.31. The van der Waals surface area contributed by atoms with Crippen molar-refractivity contribution in [1.82, 2.24) is 4.98 Å². The number of hydrogen-bond acceptors (Lipinski definition) is 3. The first-order valence-electron chi connectivity index (χ1n) is 6.04. The maximum Gasteiger partial charge on any atom is 0.129 e. The topological polar surface area (TPSA) is 42.1 Å². The van der Waals surface area contributed by atoms with Crippen LogP contribution in [0.25, 0.3) is 0 Å². The molecular weight excluding hydrogens is 198 g/mol. The third-order valence-electron chi connectivity index (χ3n) is 3.31. The van der Waals surface area contributed by atoms with Gasteiger partial charge in [-0.05, 0) is 43.9 Å². The van der Waals surface area contributed by atoms with Crippen molar-refractivity contribution in [1.29, 1.82) is 0 Å². The molecule has 0 aromatic carbocycles. The van der Waals surface area contributed by atoms with Crippen LogP contribution < -0.4 is 10.6 Å². The Bertz CT molecular complexity index is 375. The average molecular weight is 219 g/mol. The van der Waals surface area contributed by atoms with Gasteiger partial charge < -0.3 is 10.6 Å². The lowest BCUT2D eigenvalue weighted by molar-refractivity contribution is 0.625. The van der Waals surface area contributed by atoms with Gasteiger partial charge in [0, 0.05) is 24.8 Å². The van der Waals surface area contributed by atoms with Gasteiger partial charge in [0.2, 0.25) is 0 Å².